The van der Waals surface area contributed by atoms with E-state index in [1.165, 1.54) is 11.8 Å². The molecule has 2 aliphatic heterocycles. The summed E-state index contributed by atoms with van der Waals surface area (Å²) in [6, 6.07) is -0.141. The van der Waals surface area contributed by atoms with Gasteiger partial charge in [0.1, 0.15) is 5.76 Å². The maximum atomic E-state index is 11.1. The first-order chi connectivity index (χ1) is 7.00. The summed E-state index contributed by atoms with van der Waals surface area (Å²) in [5, 5.41) is 8.89. The zero-order valence-corrected chi connectivity index (χ0v) is 8.02. The topological polar surface area (TPSA) is 83.9 Å². The van der Waals surface area contributed by atoms with Gasteiger partial charge in [-0.1, -0.05) is 0 Å². The number of rotatable bonds is 2. The van der Waals surface area contributed by atoms with Crippen LogP contribution in [0.5, 0.6) is 0 Å². The SMILES string of the molecule is CC(=O)OC1=C(C(=O)O)N2C(=O)CC2C1. The van der Waals surface area contributed by atoms with E-state index in [1.54, 1.807) is 0 Å². The summed E-state index contributed by atoms with van der Waals surface area (Å²) in [5.41, 5.74) is -0.188. The Morgan fingerprint density at radius 2 is 2.13 bits per heavy atom. The molecule has 15 heavy (non-hydrogen) atoms. The lowest BCUT2D eigenvalue weighted by atomic mass is 10.0. The normalized spacial score (nSPS) is 23.7. The molecule has 1 amide bonds. The summed E-state index contributed by atoms with van der Waals surface area (Å²) in [6.07, 6.45) is 0.633. The fraction of sp³-hybridized carbons (Fsp3) is 0.444. The zero-order chi connectivity index (χ0) is 11.2. The van der Waals surface area contributed by atoms with Crippen molar-refractivity contribution < 1.29 is 24.2 Å². The summed E-state index contributed by atoms with van der Waals surface area (Å²) < 4.78 is 4.78. The maximum Gasteiger partial charge on any atom is 0.356 e. The van der Waals surface area contributed by atoms with Gasteiger partial charge in [-0.2, -0.15) is 0 Å². The highest BCUT2D eigenvalue weighted by atomic mass is 16.5. The second-order valence-electron chi connectivity index (χ2n) is 3.50. The second kappa shape index (κ2) is 3.08. The molecule has 1 fully saturated rings. The highest BCUT2D eigenvalue weighted by Crippen LogP contribution is 2.38. The summed E-state index contributed by atoms with van der Waals surface area (Å²) in [5.74, 6) is -1.95. The van der Waals surface area contributed by atoms with Crippen molar-refractivity contribution in [1.82, 2.24) is 4.90 Å². The van der Waals surface area contributed by atoms with Crippen LogP contribution in [0.3, 0.4) is 0 Å². The average molecular weight is 211 g/mol. The Kier molecular flexibility index (Phi) is 1.99. The fourth-order valence-electron chi connectivity index (χ4n) is 1.88. The minimum Gasteiger partial charge on any atom is -0.476 e. The van der Waals surface area contributed by atoms with Crippen LogP contribution in [0, 0.1) is 0 Å². The molecule has 2 aliphatic rings. The van der Waals surface area contributed by atoms with Crippen LogP contribution in [0.15, 0.2) is 11.5 Å². The third-order valence-corrected chi connectivity index (χ3v) is 2.44. The molecule has 2 heterocycles. The van der Waals surface area contributed by atoms with Crippen molar-refractivity contribution in [2.75, 3.05) is 0 Å². The molecule has 0 spiro atoms. The molecule has 6 heteroatoms. The molecule has 1 N–H and O–H groups in total. The standard InChI is InChI=1S/C9H9NO5/c1-4(11)15-6-2-5-3-7(12)10(5)8(6)9(13)14/h5H,2-3H2,1H3,(H,13,14). The number of nitrogens with zero attached hydrogens (tertiary/aromatic N) is 1. The van der Waals surface area contributed by atoms with E-state index in [-0.39, 0.29) is 23.4 Å². The van der Waals surface area contributed by atoms with Gasteiger partial charge in [0.2, 0.25) is 5.91 Å². The molecule has 80 valence electrons. The summed E-state index contributed by atoms with van der Waals surface area (Å²) >= 11 is 0. The number of esters is 1. The number of carbonyl (C=O) groups excluding carboxylic acids is 2. The number of carbonyl (C=O) groups is 3. The zero-order valence-electron chi connectivity index (χ0n) is 8.02. The molecular formula is C9H9NO5. The van der Waals surface area contributed by atoms with E-state index in [9.17, 15) is 14.4 Å². The van der Waals surface area contributed by atoms with Crippen LogP contribution in [-0.2, 0) is 19.1 Å². The quantitative estimate of drug-likeness (QED) is 0.507. The summed E-state index contributed by atoms with van der Waals surface area (Å²) in [6.45, 7) is 1.20. The van der Waals surface area contributed by atoms with Crippen molar-refractivity contribution in [2.45, 2.75) is 25.8 Å². The molecule has 1 unspecified atom stereocenters. The minimum absolute atomic E-state index is 0.0888. The van der Waals surface area contributed by atoms with Crippen molar-refractivity contribution in [1.29, 1.82) is 0 Å². The van der Waals surface area contributed by atoms with Gasteiger partial charge >= 0.3 is 11.9 Å². The first kappa shape index (κ1) is 9.70. The Balaban J connectivity index is 2.31. The van der Waals surface area contributed by atoms with Crippen molar-refractivity contribution in [3.05, 3.63) is 11.5 Å². The molecule has 2 rings (SSSR count). The lowest BCUT2D eigenvalue weighted by Crippen LogP contribution is -2.49. The molecule has 1 saturated heterocycles. The first-order valence-electron chi connectivity index (χ1n) is 4.47. The number of aliphatic carboxylic acids is 1. The van der Waals surface area contributed by atoms with E-state index in [4.69, 9.17) is 9.84 Å². The lowest BCUT2D eigenvalue weighted by Gasteiger charge is -2.34. The average Bonchev–Trinajstić information content (AvgIpc) is 2.37. The Bertz CT molecular complexity index is 397. The van der Waals surface area contributed by atoms with Crippen molar-refractivity contribution in [2.24, 2.45) is 0 Å². The number of ether oxygens (including phenoxy) is 1. The van der Waals surface area contributed by atoms with Gasteiger partial charge in [0.15, 0.2) is 5.70 Å². The molecule has 0 aromatic heterocycles. The highest BCUT2D eigenvalue weighted by Gasteiger charge is 2.48. The van der Waals surface area contributed by atoms with Gasteiger partial charge in [-0.25, -0.2) is 4.79 Å². The molecule has 0 radical (unpaired) electrons. The number of carboxylic acids is 1. The second-order valence-corrected chi connectivity index (χ2v) is 3.50. The smallest absolute Gasteiger partial charge is 0.356 e. The van der Waals surface area contributed by atoms with Crippen LogP contribution in [0.2, 0.25) is 0 Å². The predicted molar refractivity (Wildman–Crippen MR) is 46.3 cm³/mol. The first-order valence-corrected chi connectivity index (χ1v) is 4.47. The number of hydrogen-bond donors (Lipinski definition) is 1. The van der Waals surface area contributed by atoms with Crippen molar-refractivity contribution in [3.63, 3.8) is 0 Å². The van der Waals surface area contributed by atoms with Crippen LogP contribution in [0.1, 0.15) is 19.8 Å². The van der Waals surface area contributed by atoms with Gasteiger partial charge in [-0.15, -0.1) is 0 Å². The van der Waals surface area contributed by atoms with Crippen LogP contribution in [-0.4, -0.2) is 33.9 Å². The molecule has 1 atom stereocenters. The van der Waals surface area contributed by atoms with Gasteiger partial charge in [0.05, 0.1) is 6.04 Å². The number of hydrogen-bond acceptors (Lipinski definition) is 4. The largest absolute Gasteiger partial charge is 0.476 e. The Hall–Kier alpha value is -1.85. The Morgan fingerprint density at radius 3 is 2.60 bits per heavy atom. The fourth-order valence-corrected chi connectivity index (χ4v) is 1.88. The van der Waals surface area contributed by atoms with E-state index in [2.05, 4.69) is 0 Å². The number of β-lactam (4-membered cyclic amide) rings is 1. The Morgan fingerprint density at radius 1 is 1.47 bits per heavy atom. The van der Waals surface area contributed by atoms with Crippen LogP contribution < -0.4 is 0 Å². The minimum atomic E-state index is -1.23. The highest BCUT2D eigenvalue weighted by molar-refractivity contribution is 5.98. The van der Waals surface area contributed by atoms with Gasteiger partial charge in [-0.3, -0.25) is 14.5 Å². The van der Waals surface area contributed by atoms with E-state index in [0.717, 1.165) is 0 Å². The van der Waals surface area contributed by atoms with E-state index < -0.39 is 11.9 Å². The third-order valence-electron chi connectivity index (χ3n) is 2.44. The molecule has 0 aliphatic carbocycles. The molecule has 6 nitrogen and oxygen atoms in total. The van der Waals surface area contributed by atoms with Crippen molar-refractivity contribution >= 4 is 17.8 Å². The van der Waals surface area contributed by atoms with E-state index >= 15 is 0 Å². The van der Waals surface area contributed by atoms with Gasteiger partial charge < -0.3 is 9.84 Å². The number of carboxylic acid groups (broad SMARTS) is 1. The maximum absolute atomic E-state index is 11.1. The summed E-state index contributed by atoms with van der Waals surface area (Å²) in [4.78, 5) is 33.9. The van der Waals surface area contributed by atoms with Gasteiger partial charge in [0, 0.05) is 19.8 Å². The molecular weight excluding hydrogens is 202 g/mol. The predicted octanol–water partition coefficient (Wildman–Crippen LogP) is -0.150. The molecule has 0 aromatic rings. The number of fused-ring (bicyclic) bond motifs is 1. The Labute approximate surface area is 85.1 Å². The van der Waals surface area contributed by atoms with Crippen LogP contribution >= 0.6 is 0 Å². The van der Waals surface area contributed by atoms with E-state index in [0.29, 0.717) is 12.8 Å². The lowest BCUT2D eigenvalue weighted by molar-refractivity contribution is -0.147. The van der Waals surface area contributed by atoms with Crippen LogP contribution in [0.25, 0.3) is 0 Å². The third kappa shape index (κ3) is 1.38. The van der Waals surface area contributed by atoms with Gasteiger partial charge in [0.25, 0.3) is 0 Å². The van der Waals surface area contributed by atoms with E-state index in [1.807, 2.05) is 0 Å². The number of amides is 1. The van der Waals surface area contributed by atoms with Gasteiger partial charge in [-0.05, 0) is 0 Å². The monoisotopic (exact) mass is 211 g/mol. The molecule has 0 bridgehead atoms. The molecule has 0 aromatic carbocycles. The van der Waals surface area contributed by atoms with Crippen molar-refractivity contribution in [3.8, 4) is 0 Å². The molecule has 0 saturated carbocycles. The van der Waals surface area contributed by atoms with Crippen LogP contribution in [0.4, 0.5) is 0 Å². The summed E-state index contributed by atoms with van der Waals surface area (Å²) in [7, 11) is 0.